The molecule has 0 saturated carbocycles. The third kappa shape index (κ3) is 5.47. The van der Waals surface area contributed by atoms with Crippen LogP contribution in [0.15, 0.2) is 107 Å². The largest absolute Gasteiger partial charge is 0.493 e. The molecule has 3 atom stereocenters. The van der Waals surface area contributed by atoms with Crippen LogP contribution in [0.3, 0.4) is 0 Å². The van der Waals surface area contributed by atoms with Crippen LogP contribution in [-0.2, 0) is 10.1 Å². The van der Waals surface area contributed by atoms with E-state index in [-0.39, 0.29) is 27.5 Å². The van der Waals surface area contributed by atoms with Crippen molar-refractivity contribution >= 4 is 39.3 Å². The van der Waals surface area contributed by atoms with Crippen molar-refractivity contribution in [3.8, 4) is 11.5 Å². The Bertz CT molecular complexity index is 1750. The fourth-order valence-corrected chi connectivity index (χ4v) is 6.81. The zero-order valence-electron chi connectivity index (χ0n) is 22.6. The van der Waals surface area contributed by atoms with Gasteiger partial charge in [0.1, 0.15) is 4.90 Å². The van der Waals surface area contributed by atoms with Crippen LogP contribution in [0.4, 0.5) is 11.4 Å². The minimum absolute atomic E-state index is 0.0302. The highest BCUT2D eigenvalue weighted by molar-refractivity contribution is 7.87. The van der Waals surface area contributed by atoms with Crippen molar-refractivity contribution in [2.75, 3.05) is 12.4 Å². The van der Waals surface area contributed by atoms with Crippen molar-refractivity contribution in [3.63, 3.8) is 0 Å². The number of ether oxygens (including phenoxy) is 1. The lowest BCUT2D eigenvalue weighted by Crippen LogP contribution is -2.28. The summed E-state index contributed by atoms with van der Waals surface area (Å²) in [5.41, 5.74) is 6.14. The molecule has 1 heterocycles. The predicted molar refractivity (Wildman–Crippen MR) is 163 cm³/mol. The Labute approximate surface area is 245 Å². The van der Waals surface area contributed by atoms with E-state index >= 15 is 0 Å². The molecule has 0 bridgehead atoms. The van der Waals surface area contributed by atoms with Gasteiger partial charge in [0.2, 0.25) is 5.75 Å². The number of benzene rings is 4. The fraction of sp³-hybridized carbons (Fsp3) is 0.182. The molecular weight excluding hydrogens is 556 g/mol. The number of allylic oxidation sites excluding steroid dienone is 2. The maximum absolute atomic E-state index is 12.8. The summed E-state index contributed by atoms with van der Waals surface area (Å²) in [6.45, 7) is 1.88. The normalized spacial score (nSPS) is 19.4. The quantitative estimate of drug-likeness (QED) is 0.135. The molecule has 0 spiro atoms. The van der Waals surface area contributed by atoms with Gasteiger partial charge in [-0.15, -0.1) is 0 Å². The van der Waals surface area contributed by atoms with Gasteiger partial charge in [-0.2, -0.15) is 8.42 Å². The van der Waals surface area contributed by atoms with Gasteiger partial charge >= 0.3 is 10.1 Å². The number of nitrogens with zero attached hydrogens (tertiary/aromatic N) is 1. The molecule has 0 fully saturated rings. The molecule has 4 aromatic rings. The van der Waals surface area contributed by atoms with Gasteiger partial charge in [-0.3, -0.25) is 4.99 Å². The van der Waals surface area contributed by atoms with Crippen LogP contribution in [-0.4, -0.2) is 21.7 Å². The lowest BCUT2D eigenvalue weighted by atomic mass is 9.77. The summed E-state index contributed by atoms with van der Waals surface area (Å²) < 4.78 is 36.4. The van der Waals surface area contributed by atoms with Crippen molar-refractivity contribution in [1.29, 1.82) is 0 Å². The zero-order chi connectivity index (χ0) is 28.6. The van der Waals surface area contributed by atoms with Crippen LogP contribution in [0.25, 0.3) is 0 Å². The van der Waals surface area contributed by atoms with E-state index in [0.29, 0.717) is 17.4 Å². The number of fused-ring (bicyclic) bond motifs is 3. The van der Waals surface area contributed by atoms with Gasteiger partial charge in [0.15, 0.2) is 5.75 Å². The summed E-state index contributed by atoms with van der Waals surface area (Å²) in [6.07, 6.45) is 7.33. The summed E-state index contributed by atoms with van der Waals surface area (Å²) in [7, 11) is -2.67. The molecular formula is C33H29ClN2O4S. The molecule has 1 aliphatic heterocycles. The van der Waals surface area contributed by atoms with Crippen LogP contribution >= 0.6 is 11.6 Å². The number of hydrogen-bond donors (Lipinski definition) is 1. The number of aryl methyl sites for hydroxylation is 1. The van der Waals surface area contributed by atoms with Crippen LogP contribution < -0.4 is 14.2 Å². The van der Waals surface area contributed by atoms with Crippen molar-refractivity contribution in [1.82, 2.24) is 0 Å². The van der Waals surface area contributed by atoms with Crippen LogP contribution in [0, 0.1) is 12.8 Å². The molecule has 1 N–H and O–H groups in total. The van der Waals surface area contributed by atoms with Crippen molar-refractivity contribution < 1.29 is 17.3 Å². The molecule has 208 valence electrons. The summed E-state index contributed by atoms with van der Waals surface area (Å²) in [6, 6.07) is 26.6. The molecule has 0 radical (unpaired) electrons. The van der Waals surface area contributed by atoms with E-state index in [4.69, 9.17) is 20.5 Å². The van der Waals surface area contributed by atoms with Crippen molar-refractivity contribution in [3.05, 3.63) is 124 Å². The first-order valence-corrected chi connectivity index (χ1v) is 15.2. The second-order valence-corrected chi connectivity index (χ2v) is 12.3. The van der Waals surface area contributed by atoms with Crippen molar-refractivity contribution in [2.45, 2.75) is 30.2 Å². The second kappa shape index (κ2) is 11.1. The van der Waals surface area contributed by atoms with E-state index in [9.17, 15) is 8.42 Å². The highest BCUT2D eigenvalue weighted by Gasteiger charge is 2.37. The topological polar surface area (TPSA) is 77.0 Å². The molecule has 6 rings (SSSR count). The number of methoxy groups -OCH3 is 1. The van der Waals surface area contributed by atoms with Crippen LogP contribution in [0.1, 0.15) is 40.6 Å². The minimum Gasteiger partial charge on any atom is -0.493 e. The lowest BCUT2D eigenvalue weighted by molar-refractivity contribution is 0.390. The maximum Gasteiger partial charge on any atom is 0.339 e. The van der Waals surface area contributed by atoms with E-state index in [1.165, 1.54) is 36.1 Å². The van der Waals surface area contributed by atoms with Gasteiger partial charge in [-0.25, -0.2) is 0 Å². The van der Waals surface area contributed by atoms with Gasteiger partial charge in [0.25, 0.3) is 0 Å². The molecule has 0 amide bonds. The average molecular weight is 585 g/mol. The standard InChI is InChI=1S/C33H29ClN2O4S/c1-21-10-16-25(17-11-21)41(37,38)40-33-29(34)18-22(19-31(33)39-2)20-35-24-14-12-23(13-15-24)32-28-8-5-7-26(28)27-6-3-4-9-30(27)36-32/h3-7,9-20,26,28,32,36H,8H2,1-2H3/t26-,28-,32-/m0/s1. The maximum atomic E-state index is 12.8. The first-order valence-electron chi connectivity index (χ1n) is 13.4. The lowest BCUT2D eigenvalue weighted by Gasteiger charge is -2.37. The molecule has 2 aliphatic rings. The number of halogens is 1. The summed E-state index contributed by atoms with van der Waals surface area (Å²) in [5, 5.41) is 3.85. The molecule has 1 aliphatic carbocycles. The number of hydrogen-bond acceptors (Lipinski definition) is 6. The molecule has 4 aromatic carbocycles. The van der Waals surface area contributed by atoms with Gasteiger partial charge in [-0.1, -0.05) is 71.8 Å². The number of rotatable bonds is 7. The van der Waals surface area contributed by atoms with Crippen LogP contribution in [0.2, 0.25) is 5.02 Å². The SMILES string of the molecule is COc1cc(C=Nc2ccc([C@@H]3Nc4ccccc4[C@@H]4C=CC[C@@H]43)cc2)cc(Cl)c1OS(=O)(=O)c1ccc(C)cc1. The number of anilines is 1. The number of nitrogens with one attached hydrogen (secondary N) is 1. The van der Waals surface area contributed by atoms with E-state index in [2.05, 4.69) is 58.9 Å². The van der Waals surface area contributed by atoms with E-state index in [1.807, 2.05) is 19.1 Å². The first kappa shape index (κ1) is 27.1. The summed E-state index contributed by atoms with van der Waals surface area (Å²) >= 11 is 6.46. The number of para-hydroxylation sites is 1. The predicted octanol–water partition coefficient (Wildman–Crippen LogP) is 8.00. The van der Waals surface area contributed by atoms with Gasteiger partial charge < -0.3 is 14.2 Å². The highest BCUT2D eigenvalue weighted by Crippen LogP contribution is 2.49. The average Bonchev–Trinajstić information content (AvgIpc) is 3.48. The fourth-order valence-electron chi connectivity index (χ4n) is 5.55. The Morgan fingerprint density at radius 3 is 2.51 bits per heavy atom. The number of aliphatic imine (C=N–C) groups is 1. The van der Waals surface area contributed by atoms with Gasteiger partial charge in [-0.05, 0) is 78.4 Å². The Morgan fingerprint density at radius 2 is 1.76 bits per heavy atom. The third-order valence-corrected chi connectivity index (χ3v) is 9.16. The van der Waals surface area contributed by atoms with E-state index < -0.39 is 10.1 Å². The van der Waals surface area contributed by atoms with Gasteiger partial charge in [0.05, 0.1) is 23.9 Å². The summed E-state index contributed by atoms with van der Waals surface area (Å²) in [4.78, 5) is 4.64. The van der Waals surface area contributed by atoms with E-state index in [0.717, 1.165) is 17.7 Å². The molecule has 0 saturated heterocycles. The smallest absolute Gasteiger partial charge is 0.339 e. The zero-order valence-corrected chi connectivity index (χ0v) is 24.2. The Hall–Kier alpha value is -4.07. The molecule has 8 heteroatoms. The van der Waals surface area contributed by atoms with E-state index in [1.54, 1.807) is 30.5 Å². The Balaban J connectivity index is 1.20. The van der Waals surface area contributed by atoms with Gasteiger partial charge in [0, 0.05) is 17.8 Å². The highest BCUT2D eigenvalue weighted by atomic mass is 35.5. The minimum atomic E-state index is -4.10. The summed E-state index contributed by atoms with van der Waals surface area (Å²) in [5.74, 6) is 1.02. The first-order chi connectivity index (χ1) is 19.8. The monoisotopic (exact) mass is 584 g/mol. The molecule has 0 aromatic heterocycles. The second-order valence-electron chi connectivity index (χ2n) is 10.3. The van der Waals surface area contributed by atoms with Crippen LogP contribution in [0.5, 0.6) is 11.5 Å². The molecule has 6 nitrogen and oxygen atoms in total. The molecule has 41 heavy (non-hydrogen) atoms. The Kier molecular flexibility index (Phi) is 7.32. The van der Waals surface area contributed by atoms with Crippen molar-refractivity contribution in [2.24, 2.45) is 10.9 Å². The Morgan fingerprint density at radius 1 is 1.00 bits per heavy atom. The third-order valence-electron chi connectivity index (χ3n) is 7.64. The molecule has 0 unspecified atom stereocenters.